The predicted octanol–water partition coefficient (Wildman–Crippen LogP) is 2.84. The van der Waals surface area contributed by atoms with Gasteiger partial charge in [0.15, 0.2) is 6.61 Å². The number of hydrogen-bond donors (Lipinski definition) is 3. The highest BCUT2D eigenvalue weighted by Crippen LogP contribution is 2.25. The molecule has 0 aliphatic heterocycles. The van der Waals surface area contributed by atoms with E-state index in [0.717, 1.165) is 16.8 Å². The third kappa shape index (κ3) is 6.64. The maximum atomic E-state index is 12.5. The Labute approximate surface area is 170 Å². The van der Waals surface area contributed by atoms with Gasteiger partial charge < -0.3 is 20.7 Å². The van der Waals surface area contributed by atoms with E-state index in [1.807, 2.05) is 52.0 Å². The zero-order valence-corrected chi connectivity index (χ0v) is 17.2. The third-order valence-electron chi connectivity index (χ3n) is 4.25. The van der Waals surface area contributed by atoms with Gasteiger partial charge in [-0.25, -0.2) is 4.79 Å². The van der Waals surface area contributed by atoms with Crippen LogP contribution in [0, 0.1) is 13.8 Å². The molecule has 2 rings (SSSR count). The molecule has 0 saturated heterocycles. The van der Waals surface area contributed by atoms with Crippen LogP contribution in [0.4, 0.5) is 11.4 Å². The number of carbonyl (C=O) groups excluding carboxylic acids is 3. The van der Waals surface area contributed by atoms with Crippen LogP contribution in [0.5, 0.6) is 0 Å². The molecule has 7 heteroatoms. The molecule has 3 N–H and O–H groups in total. The van der Waals surface area contributed by atoms with Crippen LogP contribution in [-0.4, -0.2) is 37.0 Å². The maximum Gasteiger partial charge on any atom is 0.340 e. The molecule has 0 radical (unpaired) electrons. The highest BCUT2D eigenvalue weighted by Gasteiger charge is 2.15. The maximum absolute atomic E-state index is 12.5. The van der Waals surface area contributed by atoms with E-state index < -0.39 is 18.5 Å². The standard InChI is InChI=1S/C22H27N3O4/c1-14(2)24-20(26)12-23-21(27)13-29-22(28)17-9-5-6-10-19(17)25-18-11-7-8-15(3)16(18)4/h5-11,14,25H,12-13H2,1-4H3,(H,23,27)(H,24,26). The van der Waals surface area contributed by atoms with Gasteiger partial charge in [-0.15, -0.1) is 0 Å². The SMILES string of the molecule is Cc1cccc(Nc2ccccc2C(=O)OCC(=O)NCC(=O)NC(C)C)c1C. The predicted molar refractivity (Wildman–Crippen MR) is 112 cm³/mol. The number of carbonyl (C=O) groups is 3. The van der Waals surface area contributed by atoms with E-state index >= 15 is 0 Å². The number of hydrogen-bond acceptors (Lipinski definition) is 5. The molecular weight excluding hydrogens is 370 g/mol. The Morgan fingerprint density at radius 2 is 1.62 bits per heavy atom. The second kappa shape index (κ2) is 10.3. The Hall–Kier alpha value is -3.35. The summed E-state index contributed by atoms with van der Waals surface area (Å²) in [7, 11) is 0. The van der Waals surface area contributed by atoms with E-state index in [4.69, 9.17) is 4.74 Å². The van der Waals surface area contributed by atoms with Gasteiger partial charge in [-0.1, -0.05) is 24.3 Å². The van der Waals surface area contributed by atoms with Crippen molar-refractivity contribution in [2.45, 2.75) is 33.7 Å². The van der Waals surface area contributed by atoms with Gasteiger partial charge in [-0.3, -0.25) is 9.59 Å². The van der Waals surface area contributed by atoms with Gasteiger partial charge in [0.1, 0.15) is 0 Å². The van der Waals surface area contributed by atoms with Gasteiger partial charge in [-0.2, -0.15) is 0 Å². The number of benzene rings is 2. The number of ether oxygens (including phenoxy) is 1. The van der Waals surface area contributed by atoms with Crippen molar-refractivity contribution in [3.63, 3.8) is 0 Å². The molecule has 0 fully saturated rings. The first kappa shape index (κ1) is 21.9. The molecule has 0 aromatic heterocycles. The van der Waals surface area contributed by atoms with Crippen LogP contribution in [-0.2, 0) is 14.3 Å². The molecule has 7 nitrogen and oxygen atoms in total. The van der Waals surface area contributed by atoms with Crippen LogP contribution in [0.15, 0.2) is 42.5 Å². The lowest BCUT2D eigenvalue weighted by molar-refractivity contribution is -0.128. The number of anilines is 2. The summed E-state index contributed by atoms with van der Waals surface area (Å²) >= 11 is 0. The first-order chi connectivity index (χ1) is 13.8. The second-order valence-electron chi connectivity index (χ2n) is 6.99. The number of nitrogens with one attached hydrogen (secondary N) is 3. The third-order valence-corrected chi connectivity index (χ3v) is 4.25. The topological polar surface area (TPSA) is 96.5 Å². The Morgan fingerprint density at radius 1 is 0.931 bits per heavy atom. The summed E-state index contributed by atoms with van der Waals surface area (Å²) in [6, 6.07) is 12.8. The van der Waals surface area contributed by atoms with Gasteiger partial charge in [0.05, 0.1) is 17.8 Å². The lowest BCUT2D eigenvalue weighted by Crippen LogP contribution is -2.41. The minimum Gasteiger partial charge on any atom is -0.452 e. The van der Waals surface area contributed by atoms with Gasteiger partial charge in [0.2, 0.25) is 5.91 Å². The van der Waals surface area contributed by atoms with Gasteiger partial charge in [0.25, 0.3) is 5.91 Å². The first-order valence-electron chi connectivity index (χ1n) is 9.43. The summed E-state index contributed by atoms with van der Waals surface area (Å²) in [5, 5.41) is 8.33. The highest BCUT2D eigenvalue weighted by atomic mass is 16.5. The molecule has 0 aliphatic carbocycles. The highest BCUT2D eigenvalue weighted by molar-refractivity contribution is 5.97. The quantitative estimate of drug-likeness (QED) is 0.595. The fraction of sp³-hybridized carbons (Fsp3) is 0.318. The average molecular weight is 397 g/mol. The molecule has 0 aliphatic rings. The van der Waals surface area contributed by atoms with Crippen LogP contribution in [0.1, 0.15) is 35.3 Å². The Morgan fingerprint density at radius 3 is 2.34 bits per heavy atom. The zero-order valence-electron chi connectivity index (χ0n) is 17.2. The molecule has 2 amide bonds. The first-order valence-corrected chi connectivity index (χ1v) is 9.43. The van der Waals surface area contributed by atoms with Crippen molar-refractivity contribution in [3.8, 4) is 0 Å². The van der Waals surface area contributed by atoms with Crippen molar-refractivity contribution in [1.29, 1.82) is 0 Å². The summed E-state index contributed by atoms with van der Waals surface area (Å²) in [6.45, 7) is 7.03. The van der Waals surface area contributed by atoms with Crippen molar-refractivity contribution < 1.29 is 19.1 Å². The summed E-state index contributed by atoms with van der Waals surface area (Å²) in [5.74, 6) is -1.47. The van der Waals surface area contributed by atoms with Gasteiger partial charge in [-0.05, 0) is 57.0 Å². The molecule has 0 atom stereocenters. The molecule has 0 spiro atoms. The van der Waals surface area contributed by atoms with Crippen LogP contribution in [0.2, 0.25) is 0 Å². The molecule has 154 valence electrons. The number of aryl methyl sites for hydroxylation is 1. The minimum absolute atomic E-state index is 0.0155. The van der Waals surface area contributed by atoms with E-state index in [1.165, 1.54) is 0 Å². The zero-order chi connectivity index (χ0) is 21.4. The van der Waals surface area contributed by atoms with E-state index in [1.54, 1.807) is 18.2 Å². The van der Waals surface area contributed by atoms with Crippen LogP contribution in [0.3, 0.4) is 0 Å². The molecule has 0 saturated carbocycles. The second-order valence-corrected chi connectivity index (χ2v) is 6.99. The molecule has 0 unspecified atom stereocenters. The van der Waals surface area contributed by atoms with Crippen molar-refractivity contribution in [3.05, 3.63) is 59.2 Å². The monoisotopic (exact) mass is 397 g/mol. The van der Waals surface area contributed by atoms with Gasteiger partial charge in [0, 0.05) is 11.7 Å². The van der Waals surface area contributed by atoms with Crippen molar-refractivity contribution >= 4 is 29.2 Å². The van der Waals surface area contributed by atoms with Crippen molar-refractivity contribution in [1.82, 2.24) is 10.6 Å². The molecular formula is C22H27N3O4. The van der Waals surface area contributed by atoms with E-state index in [9.17, 15) is 14.4 Å². The molecule has 2 aromatic rings. The lowest BCUT2D eigenvalue weighted by atomic mass is 10.1. The van der Waals surface area contributed by atoms with Crippen molar-refractivity contribution in [2.75, 3.05) is 18.5 Å². The van der Waals surface area contributed by atoms with Crippen LogP contribution >= 0.6 is 0 Å². The van der Waals surface area contributed by atoms with E-state index in [-0.39, 0.29) is 18.5 Å². The van der Waals surface area contributed by atoms with E-state index in [0.29, 0.717) is 11.3 Å². The number of amides is 2. The summed E-state index contributed by atoms with van der Waals surface area (Å²) in [4.78, 5) is 35.9. The Kier molecular flexibility index (Phi) is 7.77. The Bertz CT molecular complexity index is 893. The molecule has 29 heavy (non-hydrogen) atoms. The van der Waals surface area contributed by atoms with E-state index in [2.05, 4.69) is 16.0 Å². The van der Waals surface area contributed by atoms with Crippen molar-refractivity contribution in [2.24, 2.45) is 0 Å². The normalized spacial score (nSPS) is 10.4. The minimum atomic E-state index is -0.625. The van der Waals surface area contributed by atoms with Crippen LogP contribution < -0.4 is 16.0 Å². The summed E-state index contributed by atoms with van der Waals surface area (Å²) < 4.78 is 5.11. The fourth-order valence-corrected chi connectivity index (χ4v) is 2.61. The fourth-order valence-electron chi connectivity index (χ4n) is 2.61. The van der Waals surface area contributed by atoms with Gasteiger partial charge >= 0.3 is 5.97 Å². The summed E-state index contributed by atoms with van der Waals surface area (Å²) in [5.41, 5.74) is 4.00. The smallest absolute Gasteiger partial charge is 0.340 e. The molecule has 2 aromatic carbocycles. The Balaban J connectivity index is 1.97. The number of rotatable bonds is 8. The molecule has 0 bridgehead atoms. The summed E-state index contributed by atoms with van der Waals surface area (Å²) in [6.07, 6.45) is 0. The average Bonchev–Trinajstić information content (AvgIpc) is 2.68. The number of esters is 1. The van der Waals surface area contributed by atoms with Crippen LogP contribution in [0.25, 0.3) is 0 Å². The molecule has 0 heterocycles. The lowest BCUT2D eigenvalue weighted by Gasteiger charge is -2.14. The number of para-hydroxylation sites is 1. The largest absolute Gasteiger partial charge is 0.452 e.